The van der Waals surface area contributed by atoms with E-state index in [0.717, 1.165) is 17.8 Å². The van der Waals surface area contributed by atoms with Crippen LogP contribution in [0.25, 0.3) is 0 Å². The van der Waals surface area contributed by atoms with Gasteiger partial charge >= 0.3 is 5.97 Å². The second-order valence-corrected chi connectivity index (χ2v) is 3.93. The summed E-state index contributed by atoms with van der Waals surface area (Å²) in [5.41, 5.74) is 0.933. The van der Waals surface area contributed by atoms with Gasteiger partial charge in [0.1, 0.15) is 5.82 Å². The first-order valence-electron chi connectivity index (χ1n) is 4.99. The molecule has 15 heavy (non-hydrogen) atoms. The third-order valence-corrected chi connectivity index (χ3v) is 2.80. The Morgan fingerprint density at radius 1 is 1.73 bits per heavy atom. The lowest BCUT2D eigenvalue weighted by Crippen LogP contribution is -2.30. The molecule has 0 spiro atoms. The van der Waals surface area contributed by atoms with Gasteiger partial charge in [-0.25, -0.2) is 0 Å². The lowest BCUT2D eigenvalue weighted by molar-refractivity contribution is -0.142. The molecule has 0 fully saturated rings. The SMILES string of the molecule is COC(=O)[C@@H]1C[C@@H](C)Nc2c1cnn2C. The number of aryl methyl sites for hydroxylation is 1. The zero-order chi connectivity index (χ0) is 11.0. The van der Waals surface area contributed by atoms with E-state index in [4.69, 9.17) is 4.74 Å². The zero-order valence-electron chi connectivity index (χ0n) is 9.15. The van der Waals surface area contributed by atoms with Gasteiger partial charge in [-0.2, -0.15) is 5.10 Å². The Labute approximate surface area is 88.4 Å². The van der Waals surface area contributed by atoms with Crippen molar-refractivity contribution in [2.45, 2.75) is 25.3 Å². The Morgan fingerprint density at radius 3 is 3.13 bits per heavy atom. The van der Waals surface area contributed by atoms with Crippen LogP contribution in [-0.2, 0) is 16.6 Å². The Hall–Kier alpha value is -1.52. The number of nitrogens with zero attached hydrogens (tertiary/aromatic N) is 2. The standard InChI is InChI=1S/C10H15N3O2/c1-6-4-7(10(14)15-3)8-5-11-13(2)9(8)12-6/h5-7,12H,4H2,1-3H3/t6-,7-/m1/s1. The zero-order valence-corrected chi connectivity index (χ0v) is 9.15. The lowest BCUT2D eigenvalue weighted by Gasteiger charge is -2.27. The summed E-state index contributed by atoms with van der Waals surface area (Å²) in [6.45, 7) is 2.05. The van der Waals surface area contributed by atoms with E-state index in [9.17, 15) is 4.79 Å². The van der Waals surface area contributed by atoms with Gasteiger partial charge in [-0.3, -0.25) is 9.48 Å². The number of fused-ring (bicyclic) bond motifs is 1. The average Bonchev–Trinajstić information content (AvgIpc) is 2.58. The van der Waals surface area contributed by atoms with E-state index >= 15 is 0 Å². The summed E-state index contributed by atoms with van der Waals surface area (Å²) < 4.78 is 6.55. The summed E-state index contributed by atoms with van der Waals surface area (Å²) in [5, 5.41) is 7.46. The fourth-order valence-corrected chi connectivity index (χ4v) is 2.02. The summed E-state index contributed by atoms with van der Waals surface area (Å²) in [4.78, 5) is 11.6. The first kappa shape index (κ1) is 10.0. The number of anilines is 1. The summed E-state index contributed by atoms with van der Waals surface area (Å²) in [7, 11) is 3.28. The van der Waals surface area contributed by atoms with Crippen LogP contribution in [0.4, 0.5) is 5.82 Å². The van der Waals surface area contributed by atoms with Crippen molar-refractivity contribution in [1.82, 2.24) is 9.78 Å². The maximum Gasteiger partial charge on any atom is 0.313 e. The molecule has 0 aromatic carbocycles. The van der Waals surface area contributed by atoms with Crippen molar-refractivity contribution in [3.63, 3.8) is 0 Å². The molecule has 5 heteroatoms. The van der Waals surface area contributed by atoms with Crippen LogP contribution in [0, 0.1) is 0 Å². The van der Waals surface area contributed by atoms with Crippen molar-refractivity contribution in [3.05, 3.63) is 11.8 Å². The minimum Gasteiger partial charge on any atom is -0.469 e. The Morgan fingerprint density at radius 2 is 2.47 bits per heavy atom. The summed E-state index contributed by atoms with van der Waals surface area (Å²) >= 11 is 0. The van der Waals surface area contributed by atoms with E-state index in [1.165, 1.54) is 7.11 Å². The number of hydrogen-bond acceptors (Lipinski definition) is 4. The number of carbonyl (C=O) groups is 1. The number of aromatic nitrogens is 2. The second kappa shape index (κ2) is 3.56. The van der Waals surface area contributed by atoms with Crippen molar-refractivity contribution < 1.29 is 9.53 Å². The molecule has 0 bridgehead atoms. The highest BCUT2D eigenvalue weighted by Gasteiger charge is 2.32. The molecule has 2 rings (SSSR count). The topological polar surface area (TPSA) is 56.1 Å². The first-order chi connectivity index (χ1) is 7.13. The fraction of sp³-hybridized carbons (Fsp3) is 0.600. The third-order valence-electron chi connectivity index (χ3n) is 2.80. The molecule has 5 nitrogen and oxygen atoms in total. The van der Waals surface area contributed by atoms with E-state index in [1.54, 1.807) is 10.9 Å². The quantitative estimate of drug-likeness (QED) is 0.698. The van der Waals surface area contributed by atoms with Crippen LogP contribution in [0.1, 0.15) is 24.8 Å². The molecule has 1 aliphatic heterocycles. The molecule has 1 aromatic rings. The molecule has 82 valence electrons. The predicted molar refractivity (Wildman–Crippen MR) is 55.7 cm³/mol. The molecule has 1 aliphatic rings. The molecule has 2 heterocycles. The second-order valence-electron chi connectivity index (χ2n) is 3.93. The normalized spacial score (nSPS) is 24.2. The maximum atomic E-state index is 11.6. The van der Waals surface area contributed by atoms with Crippen LogP contribution < -0.4 is 5.32 Å². The van der Waals surface area contributed by atoms with Crippen LogP contribution in [0.15, 0.2) is 6.20 Å². The van der Waals surface area contributed by atoms with E-state index in [0.29, 0.717) is 0 Å². The Bertz CT molecular complexity index is 386. The molecule has 1 aromatic heterocycles. The van der Waals surface area contributed by atoms with E-state index < -0.39 is 0 Å². The maximum absolute atomic E-state index is 11.6. The number of methoxy groups -OCH3 is 1. The van der Waals surface area contributed by atoms with Crippen LogP contribution in [0.5, 0.6) is 0 Å². The number of esters is 1. The number of carbonyl (C=O) groups excluding carboxylic acids is 1. The van der Waals surface area contributed by atoms with E-state index in [1.807, 2.05) is 14.0 Å². The molecular formula is C10H15N3O2. The third kappa shape index (κ3) is 1.58. The van der Waals surface area contributed by atoms with Crippen molar-refractivity contribution >= 4 is 11.8 Å². The van der Waals surface area contributed by atoms with Gasteiger partial charge in [0.2, 0.25) is 0 Å². The summed E-state index contributed by atoms with van der Waals surface area (Å²) in [6.07, 6.45) is 2.49. The van der Waals surface area contributed by atoms with E-state index in [2.05, 4.69) is 10.4 Å². The number of hydrogen-bond donors (Lipinski definition) is 1. The van der Waals surface area contributed by atoms with Crippen molar-refractivity contribution in [2.75, 3.05) is 12.4 Å². The smallest absolute Gasteiger partial charge is 0.313 e. The monoisotopic (exact) mass is 209 g/mol. The molecule has 0 unspecified atom stereocenters. The van der Waals surface area contributed by atoms with Crippen molar-refractivity contribution in [1.29, 1.82) is 0 Å². The summed E-state index contributed by atoms with van der Waals surface area (Å²) in [5.74, 6) is 0.552. The molecule has 0 saturated carbocycles. The molecule has 1 N–H and O–H groups in total. The van der Waals surface area contributed by atoms with Gasteiger partial charge in [-0.05, 0) is 13.3 Å². The summed E-state index contributed by atoms with van der Waals surface area (Å²) in [6, 6.07) is 0.261. The van der Waals surface area contributed by atoms with Gasteiger partial charge in [-0.15, -0.1) is 0 Å². The van der Waals surface area contributed by atoms with Crippen LogP contribution in [0.3, 0.4) is 0 Å². The Kier molecular flexibility index (Phi) is 2.38. The van der Waals surface area contributed by atoms with Crippen molar-refractivity contribution in [2.24, 2.45) is 7.05 Å². The minimum absolute atomic E-state index is 0.183. The van der Waals surface area contributed by atoms with Crippen molar-refractivity contribution in [3.8, 4) is 0 Å². The van der Waals surface area contributed by atoms with Crippen LogP contribution in [0.2, 0.25) is 0 Å². The molecule has 0 saturated heterocycles. The van der Waals surface area contributed by atoms with Gasteiger partial charge in [0.25, 0.3) is 0 Å². The predicted octanol–water partition coefficient (Wildman–Crippen LogP) is 0.881. The molecule has 0 aliphatic carbocycles. The Balaban J connectivity index is 2.39. The molecule has 2 atom stereocenters. The van der Waals surface area contributed by atoms with Gasteiger partial charge in [0, 0.05) is 18.7 Å². The molecular weight excluding hydrogens is 194 g/mol. The lowest BCUT2D eigenvalue weighted by atomic mass is 9.91. The van der Waals surface area contributed by atoms with Crippen LogP contribution in [-0.4, -0.2) is 28.9 Å². The van der Waals surface area contributed by atoms with Crippen LogP contribution >= 0.6 is 0 Å². The number of ether oxygens (including phenoxy) is 1. The van der Waals surface area contributed by atoms with Gasteiger partial charge in [-0.1, -0.05) is 0 Å². The highest BCUT2D eigenvalue weighted by atomic mass is 16.5. The van der Waals surface area contributed by atoms with E-state index in [-0.39, 0.29) is 17.9 Å². The first-order valence-corrected chi connectivity index (χ1v) is 4.99. The highest BCUT2D eigenvalue weighted by molar-refractivity contribution is 5.81. The van der Waals surface area contributed by atoms with Gasteiger partial charge in [0.15, 0.2) is 0 Å². The highest BCUT2D eigenvalue weighted by Crippen LogP contribution is 2.34. The number of rotatable bonds is 1. The molecule has 0 radical (unpaired) electrons. The largest absolute Gasteiger partial charge is 0.469 e. The fourth-order valence-electron chi connectivity index (χ4n) is 2.02. The number of nitrogens with one attached hydrogen (secondary N) is 1. The molecule has 0 amide bonds. The minimum atomic E-state index is -0.185. The van der Waals surface area contributed by atoms with Gasteiger partial charge in [0.05, 0.1) is 19.2 Å². The average molecular weight is 209 g/mol. The van der Waals surface area contributed by atoms with Gasteiger partial charge < -0.3 is 10.1 Å².